The van der Waals surface area contributed by atoms with Gasteiger partial charge in [0.15, 0.2) is 0 Å². The lowest BCUT2D eigenvalue weighted by Crippen LogP contribution is -2.47. The molecule has 0 radical (unpaired) electrons. The van der Waals surface area contributed by atoms with Crippen LogP contribution in [0, 0.1) is 11.2 Å². The number of carbonyl (C=O) groups is 1. The van der Waals surface area contributed by atoms with E-state index in [1.165, 1.54) is 12.1 Å². The molecule has 1 saturated heterocycles. The van der Waals surface area contributed by atoms with Gasteiger partial charge in [0.1, 0.15) is 5.82 Å². The maximum atomic E-state index is 13.3. The predicted molar refractivity (Wildman–Crippen MR) is 90.8 cm³/mol. The lowest BCUT2D eigenvalue weighted by molar-refractivity contribution is -0.132. The third kappa shape index (κ3) is 3.62. The summed E-state index contributed by atoms with van der Waals surface area (Å²) < 4.78 is 13.3. The number of piperidine rings is 1. The van der Waals surface area contributed by atoms with Crippen molar-refractivity contribution in [3.05, 3.63) is 65.7 Å². The van der Waals surface area contributed by atoms with Gasteiger partial charge >= 0.3 is 0 Å². The van der Waals surface area contributed by atoms with Crippen LogP contribution in [-0.4, -0.2) is 24.0 Å². The normalized spacial score (nSPS) is 17.9. The molecule has 0 saturated carbocycles. The Labute approximate surface area is 141 Å². The van der Waals surface area contributed by atoms with Gasteiger partial charge in [0.2, 0.25) is 5.91 Å². The number of rotatable bonds is 4. The molecule has 5 heteroatoms. The first-order valence-electron chi connectivity index (χ1n) is 8.27. The van der Waals surface area contributed by atoms with Gasteiger partial charge in [-0.3, -0.25) is 9.78 Å². The van der Waals surface area contributed by atoms with Gasteiger partial charge in [-0.05, 0) is 55.8 Å². The van der Waals surface area contributed by atoms with Crippen LogP contribution in [0.15, 0.2) is 48.7 Å². The summed E-state index contributed by atoms with van der Waals surface area (Å²) >= 11 is 0. The van der Waals surface area contributed by atoms with E-state index in [0.717, 1.165) is 37.2 Å². The zero-order chi connectivity index (χ0) is 17.0. The number of nitrogens with one attached hydrogen (secondary N) is 2. The molecule has 1 aliphatic rings. The molecule has 126 valence electrons. The summed E-state index contributed by atoms with van der Waals surface area (Å²) in [5, 5.41) is 6.41. The Kier molecular flexibility index (Phi) is 4.90. The molecule has 24 heavy (non-hydrogen) atoms. The van der Waals surface area contributed by atoms with E-state index in [4.69, 9.17) is 0 Å². The summed E-state index contributed by atoms with van der Waals surface area (Å²) in [6, 6.07) is 11.4. The Bertz CT molecular complexity index is 682. The Hall–Kier alpha value is -2.27. The van der Waals surface area contributed by atoms with Crippen LogP contribution in [0.5, 0.6) is 0 Å². The van der Waals surface area contributed by atoms with Crippen molar-refractivity contribution in [3.8, 4) is 0 Å². The molecule has 0 spiro atoms. The van der Waals surface area contributed by atoms with Gasteiger partial charge in [0.25, 0.3) is 0 Å². The minimum atomic E-state index is -0.391. The van der Waals surface area contributed by atoms with E-state index in [1.54, 1.807) is 18.3 Å². The molecule has 1 aromatic carbocycles. The fourth-order valence-corrected chi connectivity index (χ4v) is 3.04. The largest absolute Gasteiger partial charge is 0.343 e. The average Bonchev–Trinajstić information content (AvgIpc) is 2.62. The summed E-state index contributed by atoms with van der Waals surface area (Å²) in [6.45, 7) is 3.69. The molecular weight excluding hydrogens is 305 g/mol. The molecule has 2 N–H and O–H groups in total. The Morgan fingerprint density at radius 3 is 2.54 bits per heavy atom. The first kappa shape index (κ1) is 16.6. The van der Waals surface area contributed by atoms with Crippen LogP contribution in [0.3, 0.4) is 0 Å². The summed E-state index contributed by atoms with van der Waals surface area (Å²) in [6.07, 6.45) is 3.30. The molecule has 0 bridgehead atoms. The first-order chi connectivity index (χ1) is 11.6. The molecule has 1 fully saturated rings. The van der Waals surface area contributed by atoms with Gasteiger partial charge in [-0.25, -0.2) is 4.39 Å². The van der Waals surface area contributed by atoms with Crippen LogP contribution in [-0.2, 0) is 4.79 Å². The van der Waals surface area contributed by atoms with E-state index in [9.17, 15) is 9.18 Å². The molecule has 0 aliphatic carbocycles. The molecular formula is C19H22FN3O. The Morgan fingerprint density at radius 1 is 1.21 bits per heavy atom. The maximum absolute atomic E-state index is 13.3. The van der Waals surface area contributed by atoms with Crippen molar-refractivity contribution in [2.45, 2.75) is 25.8 Å². The van der Waals surface area contributed by atoms with Crippen molar-refractivity contribution in [1.29, 1.82) is 0 Å². The van der Waals surface area contributed by atoms with Crippen LogP contribution in [0.25, 0.3) is 0 Å². The van der Waals surface area contributed by atoms with Crippen molar-refractivity contribution in [2.24, 2.45) is 5.41 Å². The lowest BCUT2D eigenvalue weighted by atomic mass is 9.79. The monoisotopic (exact) mass is 327 g/mol. The lowest BCUT2D eigenvalue weighted by Gasteiger charge is -2.34. The summed E-state index contributed by atoms with van der Waals surface area (Å²) in [4.78, 5) is 17.3. The molecule has 3 rings (SSSR count). The Morgan fingerprint density at radius 2 is 1.92 bits per heavy atom. The highest BCUT2D eigenvalue weighted by Crippen LogP contribution is 2.30. The first-order valence-corrected chi connectivity index (χ1v) is 8.27. The molecule has 1 aliphatic heterocycles. The second-order valence-electron chi connectivity index (χ2n) is 6.52. The molecule has 1 unspecified atom stereocenters. The average molecular weight is 327 g/mol. The van der Waals surface area contributed by atoms with Gasteiger partial charge in [-0.2, -0.15) is 0 Å². The Balaban J connectivity index is 1.87. The molecule has 1 amide bonds. The summed E-state index contributed by atoms with van der Waals surface area (Å²) in [7, 11) is 0. The third-order valence-corrected chi connectivity index (χ3v) is 4.72. The molecule has 4 nitrogen and oxygen atoms in total. The van der Waals surface area contributed by atoms with E-state index < -0.39 is 5.41 Å². The number of pyridine rings is 1. The van der Waals surface area contributed by atoms with E-state index >= 15 is 0 Å². The van der Waals surface area contributed by atoms with Crippen molar-refractivity contribution in [1.82, 2.24) is 15.6 Å². The number of carbonyl (C=O) groups excluding carboxylic acids is 1. The minimum Gasteiger partial charge on any atom is -0.343 e. The third-order valence-electron chi connectivity index (χ3n) is 4.72. The van der Waals surface area contributed by atoms with Crippen molar-refractivity contribution >= 4 is 5.91 Å². The maximum Gasteiger partial charge on any atom is 0.226 e. The fourth-order valence-electron chi connectivity index (χ4n) is 3.04. The zero-order valence-corrected chi connectivity index (χ0v) is 13.8. The molecule has 1 aromatic heterocycles. The van der Waals surface area contributed by atoms with Gasteiger partial charge in [0, 0.05) is 11.6 Å². The van der Waals surface area contributed by atoms with Crippen molar-refractivity contribution < 1.29 is 9.18 Å². The van der Waals surface area contributed by atoms with E-state index in [-0.39, 0.29) is 17.8 Å². The summed E-state index contributed by atoms with van der Waals surface area (Å²) in [5.41, 5.74) is 1.18. The van der Waals surface area contributed by atoms with Gasteiger partial charge in [-0.15, -0.1) is 0 Å². The number of benzene rings is 1. The van der Waals surface area contributed by atoms with Crippen LogP contribution < -0.4 is 10.6 Å². The van der Waals surface area contributed by atoms with E-state index in [0.29, 0.717) is 0 Å². The van der Waals surface area contributed by atoms with Gasteiger partial charge in [-0.1, -0.05) is 25.1 Å². The van der Waals surface area contributed by atoms with E-state index in [1.807, 2.05) is 25.1 Å². The number of hydrogen-bond donors (Lipinski definition) is 2. The van der Waals surface area contributed by atoms with Crippen LogP contribution >= 0.6 is 0 Å². The standard InChI is InChI=1S/C19H22FN3O/c1-19(9-12-21-13-10-19)18(24)23-17(16-4-2-3-11-22-16)14-5-7-15(20)8-6-14/h2-8,11,17,21H,9-10,12-13H2,1H3,(H,23,24). The zero-order valence-electron chi connectivity index (χ0n) is 13.8. The molecule has 2 heterocycles. The van der Waals surface area contributed by atoms with Crippen molar-refractivity contribution in [3.63, 3.8) is 0 Å². The quantitative estimate of drug-likeness (QED) is 0.908. The predicted octanol–water partition coefficient (Wildman–Crippen LogP) is 2.82. The fraction of sp³-hybridized carbons (Fsp3) is 0.368. The highest BCUT2D eigenvalue weighted by Gasteiger charge is 2.36. The van der Waals surface area contributed by atoms with Crippen LogP contribution in [0.2, 0.25) is 0 Å². The highest BCUT2D eigenvalue weighted by molar-refractivity contribution is 5.83. The molecule has 2 aromatic rings. The summed E-state index contributed by atoms with van der Waals surface area (Å²) in [5.74, 6) is -0.279. The minimum absolute atomic E-state index is 0.0176. The van der Waals surface area contributed by atoms with E-state index in [2.05, 4.69) is 15.6 Å². The smallest absolute Gasteiger partial charge is 0.226 e. The van der Waals surface area contributed by atoms with Gasteiger partial charge < -0.3 is 10.6 Å². The topological polar surface area (TPSA) is 54.0 Å². The number of aromatic nitrogens is 1. The number of hydrogen-bond acceptors (Lipinski definition) is 3. The molecule has 1 atom stereocenters. The number of nitrogens with zero attached hydrogens (tertiary/aromatic N) is 1. The second-order valence-corrected chi connectivity index (χ2v) is 6.52. The van der Waals surface area contributed by atoms with Crippen LogP contribution in [0.4, 0.5) is 4.39 Å². The highest BCUT2D eigenvalue weighted by atomic mass is 19.1. The number of halogens is 1. The number of amides is 1. The van der Waals surface area contributed by atoms with Crippen molar-refractivity contribution in [2.75, 3.05) is 13.1 Å². The SMILES string of the molecule is CC1(C(=O)NC(c2ccc(F)cc2)c2ccccn2)CCNCC1. The van der Waals surface area contributed by atoms with Crippen LogP contribution in [0.1, 0.15) is 37.1 Å². The second kappa shape index (κ2) is 7.09. The van der Waals surface area contributed by atoms with Gasteiger partial charge in [0.05, 0.1) is 11.7 Å².